The molecule has 1 aliphatic rings. The van der Waals surface area contributed by atoms with Crippen molar-refractivity contribution in [1.82, 2.24) is 0 Å². The highest BCUT2D eigenvalue weighted by molar-refractivity contribution is 7.92. The summed E-state index contributed by atoms with van der Waals surface area (Å²) in [5.74, 6) is -2.35. The van der Waals surface area contributed by atoms with Gasteiger partial charge >= 0.3 is 5.97 Å². The van der Waals surface area contributed by atoms with E-state index in [4.69, 9.17) is 11.6 Å². The van der Waals surface area contributed by atoms with E-state index >= 15 is 0 Å². The fourth-order valence-corrected chi connectivity index (χ4v) is 5.57. The summed E-state index contributed by atoms with van der Waals surface area (Å²) in [6.07, 6.45) is 0. The second kappa shape index (κ2) is 5.87. The Hall–Kier alpha value is -2.36. The number of carboxylic acid groups (broad SMARTS) is 1. The molecule has 0 heterocycles. The van der Waals surface area contributed by atoms with E-state index in [1.807, 2.05) is 6.92 Å². The molecule has 5 nitrogen and oxygen atoms in total. The molecule has 0 radical (unpaired) electrons. The minimum atomic E-state index is -4.02. The number of nitrogens with zero attached hydrogens (tertiary/aromatic N) is 1. The number of hydrogen-bond acceptors (Lipinski definition) is 4. The molecule has 3 rings (SSSR count). The van der Waals surface area contributed by atoms with Crippen molar-refractivity contribution in [2.75, 3.05) is 0 Å². The first-order chi connectivity index (χ1) is 11.7. The minimum absolute atomic E-state index is 0.0441. The van der Waals surface area contributed by atoms with Crippen LogP contribution in [0, 0.1) is 23.7 Å². The van der Waals surface area contributed by atoms with Crippen LogP contribution in [0.4, 0.5) is 0 Å². The van der Waals surface area contributed by atoms with Crippen molar-refractivity contribution in [1.29, 1.82) is 5.26 Å². The molecule has 128 valence electrons. The zero-order chi connectivity index (χ0) is 18.4. The highest BCUT2D eigenvalue weighted by Gasteiger charge is 2.77. The number of rotatable bonds is 4. The second-order valence-corrected chi connectivity index (χ2v) is 8.60. The number of sulfone groups is 1. The molecule has 1 N–H and O–H groups in total. The highest BCUT2D eigenvalue weighted by atomic mass is 35.5. The van der Waals surface area contributed by atoms with Gasteiger partial charge in [0.1, 0.15) is 5.25 Å². The van der Waals surface area contributed by atoms with Crippen LogP contribution in [0.25, 0.3) is 0 Å². The number of halogens is 1. The predicted octanol–water partition coefficient (Wildman–Crippen LogP) is 3.18. The van der Waals surface area contributed by atoms with Gasteiger partial charge in [-0.1, -0.05) is 41.4 Å². The van der Waals surface area contributed by atoms with Crippen LogP contribution >= 0.6 is 11.6 Å². The monoisotopic (exact) mass is 375 g/mol. The smallest absolute Gasteiger partial charge is 0.326 e. The molecule has 1 aliphatic carbocycles. The van der Waals surface area contributed by atoms with Gasteiger partial charge < -0.3 is 5.11 Å². The molecule has 7 heteroatoms. The van der Waals surface area contributed by atoms with Crippen molar-refractivity contribution in [2.24, 2.45) is 5.41 Å². The summed E-state index contributed by atoms with van der Waals surface area (Å²) in [5.41, 5.74) is -0.509. The van der Waals surface area contributed by atoms with Gasteiger partial charge in [-0.25, -0.2) is 8.42 Å². The zero-order valence-corrected chi connectivity index (χ0v) is 14.8. The molecule has 0 saturated heterocycles. The van der Waals surface area contributed by atoms with Crippen molar-refractivity contribution in [2.45, 2.75) is 23.0 Å². The molecule has 1 fully saturated rings. The van der Waals surface area contributed by atoms with Crippen molar-refractivity contribution in [3.63, 3.8) is 0 Å². The first-order valence-corrected chi connectivity index (χ1v) is 9.38. The summed E-state index contributed by atoms with van der Waals surface area (Å²) in [7, 11) is -4.02. The van der Waals surface area contributed by atoms with E-state index in [0.29, 0.717) is 10.6 Å². The third kappa shape index (κ3) is 2.60. The molecule has 0 aromatic heterocycles. The van der Waals surface area contributed by atoms with Gasteiger partial charge in [0, 0.05) is 10.9 Å². The Kier molecular flexibility index (Phi) is 4.10. The molecule has 0 spiro atoms. The van der Waals surface area contributed by atoms with Gasteiger partial charge in [-0.15, -0.1) is 0 Å². The number of aryl methyl sites for hydroxylation is 1. The molecule has 25 heavy (non-hydrogen) atoms. The second-order valence-electron chi connectivity index (χ2n) is 6.09. The van der Waals surface area contributed by atoms with Crippen LogP contribution < -0.4 is 0 Å². The lowest BCUT2D eigenvalue weighted by Crippen LogP contribution is -2.22. The van der Waals surface area contributed by atoms with Crippen LogP contribution in [0.1, 0.15) is 17.0 Å². The molecule has 1 saturated carbocycles. The number of nitriles is 1. The van der Waals surface area contributed by atoms with E-state index < -0.39 is 32.4 Å². The first-order valence-electron chi connectivity index (χ1n) is 7.46. The van der Waals surface area contributed by atoms with Gasteiger partial charge in [0.15, 0.2) is 15.3 Å². The van der Waals surface area contributed by atoms with E-state index in [-0.39, 0.29) is 4.90 Å². The van der Waals surface area contributed by atoms with Crippen LogP contribution in [-0.4, -0.2) is 24.7 Å². The molecule has 2 aromatic rings. The molecule has 0 bridgehead atoms. The van der Waals surface area contributed by atoms with E-state index in [0.717, 1.165) is 5.56 Å². The third-order valence-corrected chi connectivity index (χ3v) is 7.08. The Morgan fingerprint density at radius 3 is 2.20 bits per heavy atom. The fraction of sp³-hybridized carbons (Fsp3) is 0.222. The van der Waals surface area contributed by atoms with Crippen molar-refractivity contribution in [3.8, 4) is 6.07 Å². The number of aliphatic carboxylic acids is 1. The molecule has 0 unspecified atom stereocenters. The summed E-state index contributed by atoms with van der Waals surface area (Å²) in [5, 5.41) is 18.2. The average molecular weight is 376 g/mol. The summed E-state index contributed by atoms with van der Waals surface area (Å²) in [6.45, 7) is 1.87. The number of benzene rings is 2. The fourth-order valence-electron chi connectivity index (χ4n) is 3.20. The Balaban J connectivity index is 2.12. The van der Waals surface area contributed by atoms with Gasteiger partial charge in [0.25, 0.3) is 0 Å². The molecule has 2 aromatic carbocycles. The number of hydrogen-bond donors (Lipinski definition) is 1. The SMILES string of the molecule is Cc1ccc([C@@H]2[C@H](S(=O)(=O)c3ccc(Cl)cc3)[C@]2(C#N)C(=O)O)cc1. The average Bonchev–Trinajstić information content (AvgIpc) is 3.27. The standard InChI is InChI=1S/C18H14ClNO4S/c1-11-2-4-12(5-3-11)15-16(18(15,10-20)17(21)22)25(23,24)14-8-6-13(19)7-9-14/h2-9,15-16H,1H3,(H,21,22)/t15-,16+,18-/m1/s1. The van der Waals surface area contributed by atoms with Crippen LogP contribution in [0.2, 0.25) is 5.02 Å². The van der Waals surface area contributed by atoms with Crippen molar-refractivity contribution >= 4 is 27.4 Å². The van der Waals surface area contributed by atoms with Crippen LogP contribution in [0.5, 0.6) is 0 Å². The molecule has 0 aliphatic heterocycles. The Bertz CT molecular complexity index is 977. The third-order valence-electron chi connectivity index (χ3n) is 4.58. The number of carboxylic acids is 1. The van der Waals surface area contributed by atoms with Gasteiger partial charge in [-0.2, -0.15) is 5.26 Å². The molecular formula is C18H14ClNO4S. The molecule has 3 atom stereocenters. The lowest BCUT2D eigenvalue weighted by Gasteiger charge is -2.05. The van der Waals surface area contributed by atoms with E-state index in [1.54, 1.807) is 30.3 Å². The molecular weight excluding hydrogens is 362 g/mol. The van der Waals surface area contributed by atoms with Crippen molar-refractivity contribution < 1.29 is 18.3 Å². The maximum Gasteiger partial charge on any atom is 0.326 e. The zero-order valence-electron chi connectivity index (χ0n) is 13.2. The maximum absolute atomic E-state index is 13.0. The Morgan fingerprint density at radius 2 is 1.72 bits per heavy atom. The highest BCUT2D eigenvalue weighted by Crippen LogP contribution is 2.64. The largest absolute Gasteiger partial charge is 0.480 e. The summed E-state index contributed by atoms with van der Waals surface area (Å²) >= 11 is 5.79. The Labute approximate surface area is 150 Å². The quantitative estimate of drug-likeness (QED) is 0.885. The summed E-state index contributed by atoms with van der Waals surface area (Å²) in [6, 6.07) is 14.1. The number of carbonyl (C=O) groups is 1. The predicted molar refractivity (Wildman–Crippen MR) is 92.0 cm³/mol. The summed E-state index contributed by atoms with van der Waals surface area (Å²) in [4.78, 5) is 11.8. The van der Waals surface area contributed by atoms with E-state index in [2.05, 4.69) is 0 Å². The Morgan fingerprint density at radius 1 is 1.16 bits per heavy atom. The molecule has 0 amide bonds. The minimum Gasteiger partial charge on any atom is -0.480 e. The van der Waals surface area contributed by atoms with Crippen LogP contribution in [0.3, 0.4) is 0 Å². The normalized spacial score (nSPS) is 25.2. The van der Waals surface area contributed by atoms with Crippen molar-refractivity contribution in [3.05, 3.63) is 64.7 Å². The van der Waals surface area contributed by atoms with E-state index in [9.17, 15) is 23.6 Å². The maximum atomic E-state index is 13.0. The van der Waals surface area contributed by atoms with Gasteiger partial charge in [0.2, 0.25) is 0 Å². The lowest BCUT2D eigenvalue weighted by molar-refractivity contribution is -0.141. The van der Waals surface area contributed by atoms with Gasteiger partial charge in [-0.3, -0.25) is 4.79 Å². The van der Waals surface area contributed by atoms with Crippen LogP contribution in [-0.2, 0) is 14.6 Å². The first kappa shape index (κ1) is 17.5. The lowest BCUT2D eigenvalue weighted by atomic mass is 10.00. The van der Waals surface area contributed by atoms with E-state index in [1.165, 1.54) is 24.3 Å². The summed E-state index contributed by atoms with van der Waals surface area (Å²) < 4.78 is 26.0. The van der Waals surface area contributed by atoms with Crippen LogP contribution in [0.15, 0.2) is 53.4 Å². The van der Waals surface area contributed by atoms with Gasteiger partial charge in [-0.05, 0) is 36.8 Å². The topological polar surface area (TPSA) is 95.2 Å². The van der Waals surface area contributed by atoms with Gasteiger partial charge in [0.05, 0.1) is 11.0 Å².